The fraction of sp³-hybridized carbons (Fsp3) is 0.316. The first kappa shape index (κ1) is 18.9. The topological polar surface area (TPSA) is 56.8 Å². The number of carbonyl (C=O) groups is 1. The minimum Gasteiger partial charge on any atom is -0.496 e. The van der Waals surface area contributed by atoms with Crippen molar-refractivity contribution in [3.8, 4) is 17.2 Å². The first-order valence-electron chi connectivity index (χ1n) is 7.87. The van der Waals surface area contributed by atoms with Gasteiger partial charge in [0.05, 0.1) is 27.8 Å². The summed E-state index contributed by atoms with van der Waals surface area (Å²) in [6, 6.07) is 11.0. The van der Waals surface area contributed by atoms with Gasteiger partial charge < -0.3 is 19.5 Å². The van der Waals surface area contributed by atoms with Crippen molar-refractivity contribution in [2.75, 3.05) is 27.9 Å². The summed E-state index contributed by atoms with van der Waals surface area (Å²) in [5.74, 6) is 1.93. The van der Waals surface area contributed by atoms with Crippen LogP contribution in [0, 0.1) is 0 Å². The summed E-state index contributed by atoms with van der Waals surface area (Å²) in [6.07, 6.45) is 0.911. The van der Waals surface area contributed by atoms with Gasteiger partial charge in [0, 0.05) is 17.1 Å². The van der Waals surface area contributed by atoms with Crippen molar-refractivity contribution in [1.82, 2.24) is 5.32 Å². The molecule has 1 amide bonds. The van der Waals surface area contributed by atoms with Crippen LogP contribution in [0.15, 0.2) is 36.4 Å². The van der Waals surface area contributed by atoms with Crippen molar-refractivity contribution in [1.29, 1.82) is 0 Å². The van der Waals surface area contributed by atoms with Gasteiger partial charge in [-0.2, -0.15) is 0 Å². The molecule has 0 aromatic heterocycles. The molecule has 0 radical (unpaired) electrons. The van der Waals surface area contributed by atoms with E-state index in [9.17, 15) is 4.79 Å². The van der Waals surface area contributed by atoms with Crippen molar-refractivity contribution < 1.29 is 19.0 Å². The number of rotatable bonds is 8. The lowest BCUT2D eigenvalue weighted by molar-refractivity contribution is -0.120. The molecule has 134 valence electrons. The number of methoxy groups -OCH3 is 3. The maximum Gasteiger partial charge on any atom is 0.224 e. The minimum absolute atomic E-state index is 0.0824. The van der Waals surface area contributed by atoms with E-state index >= 15 is 0 Å². The summed E-state index contributed by atoms with van der Waals surface area (Å²) in [7, 11) is 4.77. The monoisotopic (exact) mass is 363 g/mol. The number of benzene rings is 2. The average molecular weight is 364 g/mol. The Balaban J connectivity index is 1.90. The molecule has 0 bridgehead atoms. The van der Waals surface area contributed by atoms with Gasteiger partial charge in [-0.25, -0.2) is 0 Å². The summed E-state index contributed by atoms with van der Waals surface area (Å²) in [5, 5.41) is 3.48. The fourth-order valence-corrected chi connectivity index (χ4v) is 2.70. The van der Waals surface area contributed by atoms with E-state index in [1.54, 1.807) is 39.5 Å². The van der Waals surface area contributed by atoms with Crippen molar-refractivity contribution >= 4 is 17.5 Å². The third kappa shape index (κ3) is 5.29. The summed E-state index contributed by atoms with van der Waals surface area (Å²) in [6.45, 7) is 0.525. The molecular weight excluding hydrogens is 342 g/mol. The molecule has 1 N–H and O–H groups in total. The van der Waals surface area contributed by atoms with Crippen LogP contribution in [0.2, 0.25) is 5.02 Å². The Labute approximate surface area is 152 Å². The maximum atomic E-state index is 12.2. The summed E-state index contributed by atoms with van der Waals surface area (Å²) >= 11 is 5.99. The van der Waals surface area contributed by atoms with Gasteiger partial charge in [0.25, 0.3) is 0 Å². The SMILES string of the molecule is COc1ccc(Cl)cc1CC(=O)NCCc1ccc(OC)c(OC)c1. The zero-order valence-electron chi connectivity index (χ0n) is 14.6. The lowest BCUT2D eigenvalue weighted by Crippen LogP contribution is -2.27. The summed E-state index contributed by atoms with van der Waals surface area (Å²) < 4.78 is 15.8. The van der Waals surface area contributed by atoms with E-state index in [-0.39, 0.29) is 12.3 Å². The number of carbonyl (C=O) groups excluding carboxylic acids is 1. The average Bonchev–Trinajstić information content (AvgIpc) is 2.61. The highest BCUT2D eigenvalue weighted by molar-refractivity contribution is 6.30. The van der Waals surface area contributed by atoms with Crippen molar-refractivity contribution in [3.63, 3.8) is 0 Å². The lowest BCUT2D eigenvalue weighted by Gasteiger charge is -2.11. The van der Waals surface area contributed by atoms with Crippen molar-refractivity contribution in [2.45, 2.75) is 12.8 Å². The highest BCUT2D eigenvalue weighted by atomic mass is 35.5. The Bertz CT molecular complexity index is 733. The van der Waals surface area contributed by atoms with Crippen LogP contribution in [0.25, 0.3) is 0 Å². The zero-order valence-corrected chi connectivity index (χ0v) is 15.4. The van der Waals surface area contributed by atoms with Crippen molar-refractivity contribution in [3.05, 3.63) is 52.5 Å². The van der Waals surface area contributed by atoms with Gasteiger partial charge in [0.15, 0.2) is 11.5 Å². The first-order chi connectivity index (χ1) is 12.1. The zero-order chi connectivity index (χ0) is 18.2. The Morgan fingerprint density at radius 1 is 0.960 bits per heavy atom. The van der Waals surface area contributed by atoms with Gasteiger partial charge in [-0.05, 0) is 42.3 Å². The Morgan fingerprint density at radius 3 is 2.32 bits per heavy atom. The molecule has 6 heteroatoms. The first-order valence-corrected chi connectivity index (χ1v) is 8.25. The van der Waals surface area contributed by atoms with Crippen LogP contribution in [0.5, 0.6) is 17.2 Å². The molecule has 2 aromatic rings. The normalized spacial score (nSPS) is 10.2. The Kier molecular flexibility index (Phi) is 6.95. The van der Waals surface area contributed by atoms with Gasteiger partial charge in [-0.3, -0.25) is 4.79 Å². The van der Waals surface area contributed by atoms with E-state index in [1.165, 1.54) is 0 Å². The number of halogens is 1. The van der Waals surface area contributed by atoms with Gasteiger partial charge in [0.2, 0.25) is 5.91 Å². The molecule has 2 rings (SSSR count). The third-order valence-electron chi connectivity index (χ3n) is 3.78. The number of hydrogen-bond acceptors (Lipinski definition) is 4. The highest BCUT2D eigenvalue weighted by Gasteiger charge is 2.10. The third-order valence-corrected chi connectivity index (χ3v) is 4.01. The largest absolute Gasteiger partial charge is 0.496 e. The van der Waals surface area contributed by atoms with Gasteiger partial charge in [-0.15, -0.1) is 0 Å². The highest BCUT2D eigenvalue weighted by Crippen LogP contribution is 2.27. The van der Waals surface area contributed by atoms with Gasteiger partial charge in [-0.1, -0.05) is 17.7 Å². The van der Waals surface area contributed by atoms with E-state index in [4.69, 9.17) is 25.8 Å². The molecule has 0 spiro atoms. The molecule has 0 atom stereocenters. The van der Waals surface area contributed by atoms with Crippen LogP contribution in [-0.2, 0) is 17.6 Å². The second kappa shape index (κ2) is 9.18. The van der Waals surface area contributed by atoms with Crippen LogP contribution in [0.1, 0.15) is 11.1 Å². The molecule has 0 aliphatic carbocycles. The number of amides is 1. The van der Waals surface area contributed by atoms with Crippen LogP contribution >= 0.6 is 11.6 Å². The molecule has 0 aliphatic heterocycles. The molecule has 0 aliphatic rings. The van der Waals surface area contributed by atoms with Crippen molar-refractivity contribution in [2.24, 2.45) is 0 Å². The Hall–Kier alpha value is -2.40. The van der Waals surface area contributed by atoms with Crippen LogP contribution in [0.4, 0.5) is 0 Å². The molecule has 25 heavy (non-hydrogen) atoms. The van der Waals surface area contributed by atoms with Gasteiger partial charge in [0.1, 0.15) is 5.75 Å². The predicted molar refractivity (Wildman–Crippen MR) is 98.0 cm³/mol. The van der Waals surface area contributed by atoms with Crippen LogP contribution < -0.4 is 19.5 Å². The minimum atomic E-state index is -0.0824. The fourth-order valence-electron chi connectivity index (χ4n) is 2.50. The molecule has 0 fully saturated rings. The molecule has 0 unspecified atom stereocenters. The quantitative estimate of drug-likeness (QED) is 0.782. The molecule has 2 aromatic carbocycles. The number of hydrogen-bond donors (Lipinski definition) is 1. The molecule has 0 saturated heterocycles. The maximum absolute atomic E-state index is 12.2. The number of nitrogens with one attached hydrogen (secondary N) is 1. The smallest absolute Gasteiger partial charge is 0.224 e. The van der Waals surface area contributed by atoms with Crippen LogP contribution in [-0.4, -0.2) is 33.8 Å². The van der Waals surface area contributed by atoms with E-state index in [1.807, 2.05) is 18.2 Å². The summed E-state index contributed by atoms with van der Waals surface area (Å²) in [4.78, 5) is 12.2. The van der Waals surface area contributed by atoms with E-state index < -0.39 is 0 Å². The predicted octanol–water partition coefficient (Wildman–Crippen LogP) is 3.27. The molecule has 5 nitrogen and oxygen atoms in total. The molecule has 0 saturated carbocycles. The number of ether oxygens (including phenoxy) is 3. The van der Waals surface area contributed by atoms with Gasteiger partial charge >= 0.3 is 0 Å². The second-order valence-electron chi connectivity index (χ2n) is 5.42. The summed E-state index contributed by atoms with van der Waals surface area (Å²) in [5.41, 5.74) is 1.82. The molecular formula is C19H22ClNO4. The second-order valence-corrected chi connectivity index (χ2v) is 5.86. The lowest BCUT2D eigenvalue weighted by atomic mass is 10.1. The van der Waals surface area contributed by atoms with Crippen LogP contribution in [0.3, 0.4) is 0 Å². The Morgan fingerprint density at radius 2 is 1.64 bits per heavy atom. The van der Waals surface area contributed by atoms with E-state index in [0.29, 0.717) is 35.2 Å². The standard InChI is InChI=1S/C19H22ClNO4/c1-23-16-7-5-15(20)11-14(16)12-19(22)21-9-8-13-4-6-17(24-2)18(10-13)25-3/h4-7,10-11H,8-9,12H2,1-3H3,(H,21,22). The molecule has 0 heterocycles. The van der Waals surface area contributed by atoms with E-state index in [0.717, 1.165) is 11.1 Å². The van der Waals surface area contributed by atoms with E-state index in [2.05, 4.69) is 5.32 Å².